The lowest BCUT2D eigenvalue weighted by Crippen LogP contribution is -2.41. The largest absolute Gasteiger partial charge is 0.497 e. The normalized spacial score (nSPS) is 16.1. The van der Waals surface area contributed by atoms with Crippen LogP contribution >= 0.6 is 0 Å². The standard InChI is InChI=1S/C23H26N4O4/c1-3-30-20-12-5-4-11-19(20)24-23(28)27-13-7-9-17(15-27)22-25-21(26-31-22)16-8-6-10-18(14-16)29-2/h4-6,8,10-12,14,17H,3,7,9,13,15H2,1-2H3,(H,24,28)/t17-/m1/s1. The number of urea groups is 1. The molecular weight excluding hydrogens is 396 g/mol. The summed E-state index contributed by atoms with van der Waals surface area (Å²) in [6.07, 6.45) is 1.75. The van der Waals surface area contributed by atoms with Crippen LogP contribution in [0.2, 0.25) is 0 Å². The summed E-state index contributed by atoms with van der Waals surface area (Å²) in [5.41, 5.74) is 1.49. The summed E-state index contributed by atoms with van der Waals surface area (Å²) in [4.78, 5) is 19.2. The lowest BCUT2D eigenvalue weighted by Gasteiger charge is -2.31. The summed E-state index contributed by atoms with van der Waals surface area (Å²) in [6.45, 7) is 3.64. The average molecular weight is 422 g/mol. The number of likely N-dealkylation sites (tertiary alicyclic amines) is 1. The van der Waals surface area contributed by atoms with Crippen LogP contribution in [0, 0.1) is 0 Å². The van der Waals surface area contributed by atoms with Crippen LogP contribution in [0.25, 0.3) is 11.4 Å². The van der Waals surface area contributed by atoms with Crippen molar-refractivity contribution in [2.45, 2.75) is 25.7 Å². The Labute approximate surface area is 181 Å². The number of methoxy groups -OCH3 is 1. The monoisotopic (exact) mass is 422 g/mol. The second-order valence-corrected chi connectivity index (χ2v) is 7.33. The number of nitrogens with zero attached hydrogens (tertiary/aromatic N) is 3. The molecule has 1 aliphatic rings. The number of piperidine rings is 1. The van der Waals surface area contributed by atoms with Crippen molar-refractivity contribution in [3.63, 3.8) is 0 Å². The maximum atomic E-state index is 12.9. The van der Waals surface area contributed by atoms with Gasteiger partial charge >= 0.3 is 6.03 Å². The molecule has 31 heavy (non-hydrogen) atoms. The van der Waals surface area contributed by atoms with Crippen LogP contribution in [0.15, 0.2) is 53.1 Å². The maximum Gasteiger partial charge on any atom is 0.321 e. The van der Waals surface area contributed by atoms with Crippen molar-refractivity contribution in [2.75, 3.05) is 32.1 Å². The molecule has 4 rings (SSSR count). The van der Waals surface area contributed by atoms with Gasteiger partial charge in [0.2, 0.25) is 11.7 Å². The van der Waals surface area contributed by atoms with Gasteiger partial charge in [0.15, 0.2) is 0 Å². The fourth-order valence-corrected chi connectivity index (χ4v) is 3.69. The molecule has 1 aromatic heterocycles. The Morgan fingerprint density at radius 1 is 1.26 bits per heavy atom. The number of aromatic nitrogens is 2. The van der Waals surface area contributed by atoms with Crippen LogP contribution in [-0.2, 0) is 0 Å². The molecule has 2 heterocycles. The molecule has 3 aromatic rings. The highest BCUT2D eigenvalue weighted by molar-refractivity contribution is 5.91. The van der Waals surface area contributed by atoms with Gasteiger partial charge in [0.25, 0.3) is 0 Å². The first kappa shape index (κ1) is 20.7. The van der Waals surface area contributed by atoms with Crippen LogP contribution in [0.1, 0.15) is 31.6 Å². The number of anilines is 1. The van der Waals surface area contributed by atoms with Crippen molar-refractivity contribution in [1.82, 2.24) is 15.0 Å². The Balaban J connectivity index is 1.44. The molecule has 1 saturated heterocycles. The molecule has 0 saturated carbocycles. The van der Waals surface area contributed by atoms with Crippen molar-refractivity contribution < 1.29 is 18.8 Å². The highest BCUT2D eigenvalue weighted by Crippen LogP contribution is 2.30. The van der Waals surface area contributed by atoms with Crippen LogP contribution in [0.5, 0.6) is 11.5 Å². The van der Waals surface area contributed by atoms with Gasteiger partial charge < -0.3 is 24.2 Å². The Bertz CT molecular complexity index is 1040. The SMILES string of the molecule is CCOc1ccccc1NC(=O)N1CCC[C@@H](c2nc(-c3cccc(OC)c3)no2)C1. The van der Waals surface area contributed by atoms with Crippen LogP contribution in [0.3, 0.4) is 0 Å². The minimum atomic E-state index is -0.163. The minimum Gasteiger partial charge on any atom is -0.497 e. The molecule has 0 spiro atoms. The number of amides is 2. The number of carbonyl (C=O) groups excluding carboxylic acids is 1. The summed E-state index contributed by atoms with van der Waals surface area (Å²) >= 11 is 0. The van der Waals surface area contributed by atoms with Crippen molar-refractivity contribution >= 4 is 11.7 Å². The smallest absolute Gasteiger partial charge is 0.321 e. The second-order valence-electron chi connectivity index (χ2n) is 7.33. The molecule has 0 aliphatic carbocycles. The summed E-state index contributed by atoms with van der Waals surface area (Å²) in [5.74, 6) is 2.45. The molecule has 1 atom stereocenters. The van der Waals surface area contributed by atoms with Gasteiger partial charge in [-0.05, 0) is 44.0 Å². The van der Waals surface area contributed by atoms with E-state index < -0.39 is 0 Å². The highest BCUT2D eigenvalue weighted by atomic mass is 16.5. The van der Waals surface area contributed by atoms with E-state index in [1.54, 1.807) is 12.0 Å². The first-order chi connectivity index (χ1) is 15.2. The molecule has 162 valence electrons. The number of rotatable bonds is 6. The summed E-state index contributed by atoms with van der Waals surface area (Å²) in [5, 5.41) is 7.09. The third kappa shape index (κ3) is 4.79. The summed E-state index contributed by atoms with van der Waals surface area (Å²) in [6, 6.07) is 14.8. The van der Waals surface area contributed by atoms with E-state index in [1.165, 1.54) is 0 Å². The van der Waals surface area contributed by atoms with E-state index in [4.69, 9.17) is 14.0 Å². The van der Waals surface area contributed by atoms with E-state index in [-0.39, 0.29) is 11.9 Å². The van der Waals surface area contributed by atoms with Gasteiger partial charge in [-0.15, -0.1) is 0 Å². The van der Waals surface area contributed by atoms with Gasteiger partial charge in [-0.1, -0.05) is 29.4 Å². The quantitative estimate of drug-likeness (QED) is 0.627. The topological polar surface area (TPSA) is 89.7 Å². The van der Waals surface area contributed by atoms with E-state index in [2.05, 4.69) is 15.5 Å². The number of carbonyl (C=O) groups is 1. The lowest BCUT2D eigenvalue weighted by molar-refractivity contribution is 0.184. The average Bonchev–Trinajstić information content (AvgIpc) is 3.31. The fourth-order valence-electron chi connectivity index (χ4n) is 3.69. The van der Waals surface area contributed by atoms with Crippen LogP contribution < -0.4 is 14.8 Å². The molecule has 8 heteroatoms. The van der Waals surface area contributed by atoms with Crippen molar-refractivity contribution in [2.24, 2.45) is 0 Å². The molecular formula is C23H26N4O4. The molecule has 1 fully saturated rings. The molecule has 0 radical (unpaired) electrons. The fraction of sp³-hybridized carbons (Fsp3) is 0.348. The second kappa shape index (κ2) is 9.51. The zero-order valence-corrected chi connectivity index (χ0v) is 17.7. The van der Waals surface area contributed by atoms with E-state index in [9.17, 15) is 4.79 Å². The number of para-hydroxylation sites is 2. The lowest BCUT2D eigenvalue weighted by atomic mass is 9.98. The summed E-state index contributed by atoms with van der Waals surface area (Å²) < 4.78 is 16.4. The summed E-state index contributed by atoms with van der Waals surface area (Å²) in [7, 11) is 1.62. The minimum absolute atomic E-state index is 0.00602. The Hall–Kier alpha value is -3.55. The molecule has 1 N–H and O–H groups in total. The van der Waals surface area contributed by atoms with Gasteiger partial charge in [0.05, 0.1) is 25.3 Å². The third-order valence-electron chi connectivity index (χ3n) is 5.26. The van der Waals surface area contributed by atoms with Gasteiger partial charge in [-0.25, -0.2) is 4.79 Å². The Kier molecular flexibility index (Phi) is 6.35. The molecule has 1 aliphatic heterocycles. The van der Waals surface area contributed by atoms with Gasteiger partial charge in [0, 0.05) is 18.7 Å². The zero-order valence-electron chi connectivity index (χ0n) is 17.7. The maximum absolute atomic E-state index is 12.9. The number of ether oxygens (including phenoxy) is 2. The van der Waals surface area contributed by atoms with Crippen LogP contribution in [-0.4, -0.2) is 47.9 Å². The number of hydrogen-bond acceptors (Lipinski definition) is 6. The van der Waals surface area contributed by atoms with Crippen molar-refractivity contribution in [1.29, 1.82) is 0 Å². The first-order valence-electron chi connectivity index (χ1n) is 10.4. The van der Waals surface area contributed by atoms with E-state index in [0.717, 1.165) is 24.2 Å². The van der Waals surface area contributed by atoms with Gasteiger partial charge in [-0.2, -0.15) is 4.98 Å². The van der Waals surface area contributed by atoms with Gasteiger partial charge in [-0.3, -0.25) is 0 Å². The predicted octanol–water partition coefficient (Wildman–Crippen LogP) is 4.56. The third-order valence-corrected chi connectivity index (χ3v) is 5.26. The zero-order chi connectivity index (χ0) is 21.6. The van der Waals surface area contributed by atoms with E-state index in [1.807, 2.05) is 55.5 Å². The molecule has 2 amide bonds. The van der Waals surface area contributed by atoms with Gasteiger partial charge in [0.1, 0.15) is 11.5 Å². The number of hydrogen-bond donors (Lipinski definition) is 1. The molecule has 2 aromatic carbocycles. The molecule has 0 bridgehead atoms. The Morgan fingerprint density at radius 3 is 2.97 bits per heavy atom. The number of nitrogens with one attached hydrogen (secondary N) is 1. The van der Waals surface area contributed by atoms with Crippen molar-refractivity contribution in [3.8, 4) is 22.9 Å². The first-order valence-corrected chi connectivity index (χ1v) is 10.4. The van der Waals surface area contributed by atoms with Crippen molar-refractivity contribution in [3.05, 3.63) is 54.4 Å². The highest BCUT2D eigenvalue weighted by Gasteiger charge is 2.29. The Morgan fingerprint density at radius 2 is 2.13 bits per heavy atom. The predicted molar refractivity (Wildman–Crippen MR) is 116 cm³/mol. The molecule has 0 unspecified atom stereocenters. The number of benzene rings is 2. The molecule has 8 nitrogen and oxygen atoms in total. The van der Waals surface area contributed by atoms with E-state index >= 15 is 0 Å². The van der Waals surface area contributed by atoms with E-state index in [0.29, 0.717) is 42.8 Å². The van der Waals surface area contributed by atoms with Crippen LogP contribution in [0.4, 0.5) is 10.5 Å².